The van der Waals surface area contributed by atoms with E-state index in [9.17, 15) is 10.2 Å². The highest BCUT2D eigenvalue weighted by Gasteiger charge is 2.31. The van der Waals surface area contributed by atoms with Gasteiger partial charge in [0.1, 0.15) is 0 Å². The van der Waals surface area contributed by atoms with Crippen LogP contribution in [0.2, 0.25) is 0 Å². The molecule has 94 valence electrons. The maximum atomic E-state index is 10.3. The fourth-order valence-corrected chi connectivity index (χ4v) is 3.06. The Kier molecular flexibility index (Phi) is 4.22. The standard InChI is InChI=1S/C13H25NO2/c15-12-7-3-2-6-11(12)14-10-13(16)8-4-1-5-9-13/h11-12,14-16H,1-10H2/t11-,12-/m0/s1. The summed E-state index contributed by atoms with van der Waals surface area (Å²) < 4.78 is 0. The maximum Gasteiger partial charge on any atom is 0.0771 e. The van der Waals surface area contributed by atoms with Gasteiger partial charge >= 0.3 is 0 Å². The number of hydrogen-bond donors (Lipinski definition) is 3. The van der Waals surface area contributed by atoms with Crippen molar-refractivity contribution in [2.75, 3.05) is 6.54 Å². The summed E-state index contributed by atoms with van der Waals surface area (Å²) in [7, 11) is 0. The highest BCUT2D eigenvalue weighted by Crippen LogP contribution is 2.28. The summed E-state index contributed by atoms with van der Waals surface area (Å²) >= 11 is 0. The molecule has 0 amide bonds. The molecule has 2 aliphatic rings. The van der Waals surface area contributed by atoms with Crippen LogP contribution in [-0.4, -0.2) is 34.5 Å². The van der Waals surface area contributed by atoms with Crippen LogP contribution < -0.4 is 5.32 Å². The number of hydrogen-bond acceptors (Lipinski definition) is 3. The predicted octanol–water partition coefficient (Wildman–Crippen LogP) is 1.57. The summed E-state index contributed by atoms with van der Waals surface area (Å²) in [5.41, 5.74) is -0.505. The molecule has 0 unspecified atom stereocenters. The molecule has 16 heavy (non-hydrogen) atoms. The van der Waals surface area contributed by atoms with Crippen LogP contribution in [0.1, 0.15) is 57.8 Å². The Hall–Kier alpha value is -0.120. The molecule has 0 bridgehead atoms. The first-order valence-electron chi connectivity index (χ1n) is 6.83. The minimum Gasteiger partial charge on any atom is -0.392 e. The van der Waals surface area contributed by atoms with Gasteiger partial charge in [0, 0.05) is 12.6 Å². The summed E-state index contributed by atoms with van der Waals surface area (Å²) in [6, 6.07) is 0.208. The van der Waals surface area contributed by atoms with Crippen LogP contribution in [-0.2, 0) is 0 Å². The van der Waals surface area contributed by atoms with Crippen LogP contribution >= 0.6 is 0 Å². The highest BCUT2D eigenvalue weighted by atomic mass is 16.3. The highest BCUT2D eigenvalue weighted by molar-refractivity contribution is 4.88. The maximum absolute atomic E-state index is 10.3. The quantitative estimate of drug-likeness (QED) is 0.686. The summed E-state index contributed by atoms with van der Waals surface area (Å²) in [5, 5.41) is 23.6. The first-order chi connectivity index (χ1) is 7.70. The monoisotopic (exact) mass is 227 g/mol. The normalized spacial score (nSPS) is 34.9. The van der Waals surface area contributed by atoms with E-state index in [-0.39, 0.29) is 12.1 Å². The Bertz CT molecular complexity index is 214. The fraction of sp³-hybridized carbons (Fsp3) is 1.00. The molecular formula is C13H25NO2. The number of aliphatic hydroxyl groups excluding tert-OH is 1. The molecule has 3 heteroatoms. The van der Waals surface area contributed by atoms with E-state index in [1.54, 1.807) is 0 Å². The zero-order valence-corrected chi connectivity index (χ0v) is 10.1. The molecule has 2 saturated carbocycles. The SMILES string of the molecule is O[C@H]1CCCC[C@@H]1NCC1(O)CCCCC1. The summed E-state index contributed by atoms with van der Waals surface area (Å²) in [5.74, 6) is 0. The second kappa shape index (κ2) is 5.48. The molecule has 0 aliphatic heterocycles. The van der Waals surface area contributed by atoms with Crippen molar-refractivity contribution in [3.8, 4) is 0 Å². The van der Waals surface area contributed by atoms with E-state index in [0.29, 0.717) is 6.54 Å². The lowest BCUT2D eigenvalue weighted by Gasteiger charge is -2.36. The minimum atomic E-state index is -0.505. The number of aliphatic hydroxyl groups is 2. The fourth-order valence-electron chi connectivity index (χ4n) is 3.06. The van der Waals surface area contributed by atoms with Gasteiger partial charge in [0.25, 0.3) is 0 Å². The molecule has 3 nitrogen and oxygen atoms in total. The average molecular weight is 227 g/mol. The molecule has 2 atom stereocenters. The van der Waals surface area contributed by atoms with Gasteiger partial charge in [0.05, 0.1) is 11.7 Å². The van der Waals surface area contributed by atoms with Crippen molar-refractivity contribution in [1.29, 1.82) is 0 Å². The molecular weight excluding hydrogens is 202 g/mol. The van der Waals surface area contributed by atoms with Crippen LogP contribution in [0.15, 0.2) is 0 Å². The van der Waals surface area contributed by atoms with E-state index in [4.69, 9.17) is 0 Å². The van der Waals surface area contributed by atoms with Gasteiger partial charge < -0.3 is 15.5 Å². The van der Waals surface area contributed by atoms with E-state index >= 15 is 0 Å². The summed E-state index contributed by atoms with van der Waals surface area (Å²) in [6.45, 7) is 0.661. The second-order valence-electron chi connectivity index (χ2n) is 5.62. The zero-order chi connectivity index (χ0) is 11.4. The summed E-state index contributed by atoms with van der Waals surface area (Å²) in [6.07, 6.45) is 9.49. The third kappa shape index (κ3) is 3.19. The molecule has 0 aromatic heterocycles. The van der Waals surface area contributed by atoms with E-state index in [0.717, 1.165) is 44.9 Å². The van der Waals surface area contributed by atoms with Gasteiger partial charge in [-0.15, -0.1) is 0 Å². The third-order valence-electron chi connectivity index (χ3n) is 4.21. The molecule has 2 fully saturated rings. The lowest BCUT2D eigenvalue weighted by atomic mass is 9.84. The molecule has 0 spiro atoms. The lowest BCUT2D eigenvalue weighted by Crippen LogP contribution is -2.50. The number of rotatable bonds is 3. The zero-order valence-electron chi connectivity index (χ0n) is 10.1. The van der Waals surface area contributed by atoms with E-state index in [1.165, 1.54) is 12.8 Å². The molecule has 0 radical (unpaired) electrons. The lowest BCUT2D eigenvalue weighted by molar-refractivity contribution is -0.00575. The Morgan fingerprint density at radius 3 is 2.38 bits per heavy atom. The topological polar surface area (TPSA) is 52.5 Å². The smallest absolute Gasteiger partial charge is 0.0771 e. The molecule has 3 N–H and O–H groups in total. The van der Waals surface area contributed by atoms with Gasteiger partial charge in [-0.05, 0) is 25.7 Å². The Morgan fingerprint density at radius 2 is 1.69 bits per heavy atom. The van der Waals surface area contributed by atoms with Crippen LogP contribution in [0.5, 0.6) is 0 Å². The summed E-state index contributed by atoms with van der Waals surface area (Å²) in [4.78, 5) is 0. The van der Waals surface area contributed by atoms with Crippen LogP contribution in [0.4, 0.5) is 0 Å². The molecule has 0 saturated heterocycles. The van der Waals surface area contributed by atoms with E-state index < -0.39 is 5.60 Å². The van der Waals surface area contributed by atoms with Crippen LogP contribution in [0.25, 0.3) is 0 Å². The Morgan fingerprint density at radius 1 is 1.00 bits per heavy atom. The molecule has 2 rings (SSSR count). The Balaban J connectivity index is 1.76. The van der Waals surface area contributed by atoms with Gasteiger partial charge in [-0.25, -0.2) is 0 Å². The van der Waals surface area contributed by atoms with E-state index in [2.05, 4.69) is 5.32 Å². The van der Waals surface area contributed by atoms with Crippen LogP contribution in [0.3, 0.4) is 0 Å². The molecule has 0 heterocycles. The number of nitrogens with one attached hydrogen (secondary N) is 1. The van der Waals surface area contributed by atoms with E-state index in [1.807, 2.05) is 0 Å². The molecule has 0 aromatic carbocycles. The average Bonchev–Trinajstić information content (AvgIpc) is 2.29. The third-order valence-corrected chi connectivity index (χ3v) is 4.21. The Labute approximate surface area is 98.2 Å². The van der Waals surface area contributed by atoms with Gasteiger partial charge in [-0.1, -0.05) is 32.1 Å². The van der Waals surface area contributed by atoms with Crippen molar-refractivity contribution in [3.05, 3.63) is 0 Å². The van der Waals surface area contributed by atoms with Crippen molar-refractivity contribution in [2.45, 2.75) is 75.5 Å². The van der Waals surface area contributed by atoms with Crippen molar-refractivity contribution in [2.24, 2.45) is 0 Å². The molecule has 0 aromatic rings. The van der Waals surface area contributed by atoms with Crippen molar-refractivity contribution in [1.82, 2.24) is 5.32 Å². The first-order valence-corrected chi connectivity index (χ1v) is 6.83. The minimum absolute atomic E-state index is 0.207. The van der Waals surface area contributed by atoms with Gasteiger partial charge in [-0.2, -0.15) is 0 Å². The van der Waals surface area contributed by atoms with Crippen molar-refractivity contribution >= 4 is 0 Å². The molecule has 2 aliphatic carbocycles. The van der Waals surface area contributed by atoms with Gasteiger partial charge in [0.2, 0.25) is 0 Å². The second-order valence-corrected chi connectivity index (χ2v) is 5.62. The van der Waals surface area contributed by atoms with Crippen molar-refractivity contribution in [3.63, 3.8) is 0 Å². The first kappa shape index (κ1) is 12.3. The van der Waals surface area contributed by atoms with Gasteiger partial charge in [-0.3, -0.25) is 0 Å². The van der Waals surface area contributed by atoms with Gasteiger partial charge in [0.15, 0.2) is 0 Å². The van der Waals surface area contributed by atoms with Crippen molar-refractivity contribution < 1.29 is 10.2 Å². The predicted molar refractivity (Wildman–Crippen MR) is 64.3 cm³/mol. The van der Waals surface area contributed by atoms with Crippen LogP contribution in [0, 0.1) is 0 Å². The largest absolute Gasteiger partial charge is 0.392 e.